The lowest BCUT2D eigenvalue weighted by Crippen LogP contribution is -2.38. The smallest absolute Gasteiger partial charge is 0.224 e. The molecule has 0 rings (SSSR count). The molecule has 4 N–H and O–H groups in total. The Balaban J connectivity index is 3.77. The van der Waals surface area contributed by atoms with Gasteiger partial charge in [0.25, 0.3) is 0 Å². The Kier molecular flexibility index (Phi) is 6.54. The van der Waals surface area contributed by atoms with E-state index in [1.165, 1.54) is 0 Å². The molecule has 1 amide bonds. The molecule has 0 fully saturated rings. The molecule has 78 valence electrons. The van der Waals surface area contributed by atoms with E-state index in [1.807, 2.05) is 6.92 Å². The Morgan fingerprint density at radius 2 is 2.23 bits per heavy atom. The molecule has 1 unspecified atom stereocenters. The number of carbonyl (C=O) groups is 1. The van der Waals surface area contributed by atoms with Crippen molar-refractivity contribution in [1.29, 1.82) is 0 Å². The van der Waals surface area contributed by atoms with Crippen LogP contribution in [0.3, 0.4) is 0 Å². The van der Waals surface area contributed by atoms with Gasteiger partial charge >= 0.3 is 0 Å². The van der Waals surface area contributed by atoms with Crippen molar-refractivity contribution < 1.29 is 9.90 Å². The highest BCUT2D eigenvalue weighted by Crippen LogP contribution is 2.03. The van der Waals surface area contributed by atoms with Gasteiger partial charge in [0.2, 0.25) is 5.91 Å². The van der Waals surface area contributed by atoms with Crippen LogP contribution in [0.15, 0.2) is 0 Å². The van der Waals surface area contributed by atoms with E-state index in [-0.39, 0.29) is 11.8 Å². The summed E-state index contributed by atoms with van der Waals surface area (Å²) in [6, 6.07) is 0. The van der Waals surface area contributed by atoms with E-state index in [9.17, 15) is 4.79 Å². The summed E-state index contributed by atoms with van der Waals surface area (Å²) < 4.78 is 0. The number of rotatable bonds is 6. The summed E-state index contributed by atoms with van der Waals surface area (Å²) in [4.78, 5) is 11.4. The van der Waals surface area contributed by atoms with Crippen molar-refractivity contribution in [3.8, 4) is 0 Å². The van der Waals surface area contributed by atoms with Crippen molar-refractivity contribution >= 4 is 5.91 Å². The molecule has 13 heavy (non-hydrogen) atoms. The predicted molar refractivity (Wildman–Crippen MR) is 52.1 cm³/mol. The minimum atomic E-state index is -0.496. The molecule has 0 aromatic rings. The van der Waals surface area contributed by atoms with Crippen molar-refractivity contribution in [3.63, 3.8) is 0 Å². The number of carbonyl (C=O) groups excluding carboxylic acids is 1. The predicted octanol–water partition coefficient (Wildman–Crippen LogP) is -0.142. The molecule has 0 aliphatic heterocycles. The Morgan fingerprint density at radius 3 is 2.62 bits per heavy atom. The van der Waals surface area contributed by atoms with Crippen LogP contribution in [0, 0.1) is 5.92 Å². The summed E-state index contributed by atoms with van der Waals surface area (Å²) in [7, 11) is 0. The highest BCUT2D eigenvalue weighted by molar-refractivity contribution is 5.78. The lowest BCUT2D eigenvalue weighted by molar-refractivity contribution is -0.125. The van der Waals surface area contributed by atoms with Gasteiger partial charge in [-0.05, 0) is 13.3 Å². The first-order valence-corrected chi connectivity index (χ1v) is 4.77. The summed E-state index contributed by atoms with van der Waals surface area (Å²) in [6.45, 7) is 4.33. The average Bonchev–Trinajstić information content (AvgIpc) is 2.10. The van der Waals surface area contributed by atoms with Gasteiger partial charge in [-0.15, -0.1) is 0 Å². The molecule has 0 saturated carbocycles. The zero-order valence-corrected chi connectivity index (χ0v) is 8.42. The van der Waals surface area contributed by atoms with Crippen molar-refractivity contribution in [2.75, 3.05) is 13.1 Å². The molecular formula is C9H20N2O2. The van der Waals surface area contributed by atoms with Crippen LogP contribution in [-0.4, -0.2) is 30.2 Å². The normalized spacial score (nSPS) is 15.1. The number of nitrogens with two attached hydrogens (primary N) is 1. The number of amides is 1. The first kappa shape index (κ1) is 12.4. The van der Waals surface area contributed by atoms with Crippen molar-refractivity contribution in [2.45, 2.75) is 32.8 Å². The highest BCUT2D eigenvalue weighted by Gasteiger charge is 2.15. The second kappa shape index (κ2) is 6.86. The van der Waals surface area contributed by atoms with Gasteiger partial charge in [0.05, 0.1) is 12.0 Å². The molecule has 0 aliphatic carbocycles. The third-order valence-electron chi connectivity index (χ3n) is 1.86. The van der Waals surface area contributed by atoms with Gasteiger partial charge in [0, 0.05) is 13.1 Å². The number of hydrogen-bond donors (Lipinski definition) is 3. The number of aliphatic hydroxyl groups is 1. The fourth-order valence-electron chi connectivity index (χ4n) is 1.10. The summed E-state index contributed by atoms with van der Waals surface area (Å²) in [6.07, 6.45) is 1.26. The fraction of sp³-hybridized carbons (Fsp3) is 0.889. The zero-order valence-electron chi connectivity index (χ0n) is 8.42. The molecule has 0 saturated heterocycles. The lowest BCUT2D eigenvalue weighted by Gasteiger charge is -2.14. The second-order valence-electron chi connectivity index (χ2n) is 3.32. The average molecular weight is 188 g/mol. The highest BCUT2D eigenvalue weighted by atomic mass is 16.3. The number of nitrogens with one attached hydrogen (secondary N) is 1. The molecule has 0 bridgehead atoms. The summed E-state index contributed by atoms with van der Waals surface area (Å²) in [5.74, 6) is -0.158. The molecule has 4 nitrogen and oxygen atoms in total. The largest absolute Gasteiger partial charge is 0.392 e. The molecule has 0 aromatic heterocycles. The standard InChI is InChI=1S/C9H20N2O2/c1-3-4-8(5-10)9(13)11-6-7(2)12/h7-8,12H,3-6,10H2,1-2H3,(H,11,13)/t7-,8?/m1/s1. The van der Waals surface area contributed by atoms with Crippen LogP contribution < -0.4 is 11.1 Å². The van der Waals surface area contributed by atoms with Crippen LogP contribution in [-0.2, 0) is 4.79 Å². The first-order chi connectivity index (χ1) is 6.11. The van der Waals surface area contributed by atoms with E-state index in [0.29, 0.717) is 13.1 Å². The number of aliphatic hydroxyl groups excluding tert-OH is 1. The fourth-order valence-corrected chi connectivity index (χ4v) is 1.10. The molecule has 0 aromatic carbocycles. The molecule has 0 radical (unpaired) electrons. The van der Waals surface area contributed by atoms with Gasteiger partial charge in [-0.3, -0.25) is 4.79 Å². The molecule has 0 heterocycles. The third-order valence-corrected chi connectivity index (χ3v) is 1.86. The maximum absolute atomic E-state index is 11.4. The van der Waals surface area contributed by atoms with Gasteiger partial charge in [0.15, 0.2) is 0 Å². The van der Waals surface area contributed by atoms with E-state index in [2.05, 4.69) is 5.32 Å². The van der Waals surface area contributed by atoms with Crippen LogP contribution in [0.25, 0.3) is 0 Å². The summed E-state index contributed by atoms with van der Waals surface area (Å²) in [5, 5.41) is 11.6. The summed E-state index contributed by atoms with van der Waals surface area (Å²) >= 11 is 0. The zero-order chi connectivity index (χ0) is 10.3. The molecule has 0 aliphatic rings. The van der Waals surface area contributed by atoms with Gasteiger partial charge in [-0.1, -0.05) is 13.3 Å². The first-order valence-electron chi connectivity index (χ1n) is 4.77. The van der Waals surface area contributed by atoms with Gasteiger partial charge < -0.3 is 16.2 Å². The van der Waals surface area contributed by atoms with Gasteiger partial charge in [0.1, 0.15) is 0 Å². The minimum Gasteiger partial charge on any atom is -0.392 e. The van der Waals surface area contributed by atoms with E-state index in [4.69, 9.17) is 10.8 Å². The maximum atomic E-state index is 11.4. The second-order valence-corrected chi connectivity index (χ2v) is 3.32. The Labute approximate surface area is 79.5 Å². The van der Waals surface area contributed by atoms with Crippen LogP contribution >= 0.6 is 0 Å². The van der Waals surface area contributed by atoms with Crippen molar-refractivity contribution in [1.82, 2.24) is 5.32 Å². The van der Waals surface area contributed by atoms with Gasteiger partial charge in [-0.2, -0.15) is 0 Å². The number of hydrogen-bond acceptors (Lipinski definition) is 3. The van der Waals surface area contributed by atoms with Crippen LogP contribution in [0.4, 0.5) is 0 Å². The molecular weight excluding hydrogens is 168 g/mol. The maximum Gasteiger partial charge on any atom is 0.224 e. The van der Waals surface area contributed by atoms with Crippen molar-refractivity contribution in [3.05, 3.63) is 0 Å². The molecule has 4 heteroatoms. The minimum absolute atomic E-state index is 0.0507. The molecule has 0 spiro atoms. The van der Waals surface area contributed by atoms with Crippen LogP contribution in [0.1, 0.15) is 26.7 Å². The molecule has 2 atom stereocenters. The van der Waals surface area contributed by atoms with E-state index >= 15 is 0 Å². The quantitative estimate of drug-likeness (QED) is 0.543. The van der Waals surface area contributed by atoms with E-state index in [1.54, 1.807) is 6.92 Å². The van der Waals surface area contributed by atoms with Crippen LogP contribution in [0.5, 0.6) is 0 Å². The van der Waals surface area contributed by atoms with E-state index < -0.39 is 6.10 Å². The van der Waals surface area contributed by atoms with Gasteiger partial charge in [-0.25, -0.2) is 0 Å². The lowest BCUT2D eigenvalue weighted by atomic mass is 10.0. The Morgan fingerprint density at radius 1 is 1.62 bits per heavy atom. The third kappa shape index (κ3) is 5.60. The summed E-state index contributed by atoms with van der Waals surface area (Å²) in [5.41, 5.74) is 5.44. The monoisotopic (exact) mass is 188 g/mol. The SMILES string of the molecule is CCCC(CN)C(=O)NC[C@@H](C)O. The topological polar surface area (TPSA) is 75.4 Å². The Hall–Kier alpha value is -0.610. The van der Waals surface area contributed by atoms with Crippen molar-refractivity contribution in [2.24, 2.45) is 11.7 Å². The van der Waals surface area contributed by atoms with Crippen LogP contribution in [0.2, 0.25) is 0 Å². The van der Waals surface area contributed by atoms with E-state index in [0.717, 1.165) is 12.8 Å². The Bertz CT molecular complexity index is 149.